The second-order valence-electron chi connectivity index (χ2n) is 4.27. The van der Waals surface area contributed by atoms with E-state index in [1.54, 1.807) is 16.9 Å². The van der Waals surface area contributed by atoms with E-state index in [4.69, 9.17) is 5.73 Å². The predicted molar refractivity (Wildman–Crippen MR) is 67.4 cm³/mol. The van der Waals surface area contributed by atoms with Crippen molar-refractivity contribution in [1.82, 2.24) is 9.78 Å². The maximum atomic E-state index is 12.7. The van der Waals surface area contributed by atoms with Crippen LogP contribution in [-0.2, 0) is 12.7 Å². The van der Waals surface area contributed by atoms with E-state index in [-0.39, 0.29) is 0 Å². The van der Waals surface area contributed by atoms with Crippen molar-refractivity contribution in [3.8, 4) is 11.3 Å². The maximum Gasteiger partial charge on any atom is 0.416 e. The fourth-order valence-corrected chi connectivity index (χ4v) is 1.85. The largest absolute Gasteiger partial charge is 0.416 e. The van der Waals surface area contributed by atoms with Gasteiger partial charge in [-0.25, -0.2) is 0 Å². The van der Waals surface area contributed by atoms with E-state index in [2.05, 4.69) is 5.10 Å². The van der Waals surface area contributed by atoms with Gasteiger partial charge in [0.25, 0.3) is 0 Å². The second-order valence-corrected chi connectivity index (χ2v) is 4.27. The van der Waals surface area contributed by atoms with Crippen LogP contribution in [0.15, 0.2) is 30.5 Å². The number of nitrogen functional groups attached to an aromatic ring is 1. The molecule has 0 amide bonds. The Kier molecular flexibility index (Phi) is 3.50. The minimum Gasteiger partial charge on any atom is -0.396 e. The zero-order valence-electron chi connectivity index (χ0n) is 10.4. The predicted octanol–water partition coefficient (Wildman–Crippen LogP) is 3.56. The molecular weight excluding hydrogens is 255 g/mol. The van der Waals surface area contributed by atoms with Crippen LogP contribution >= 0.6 is 0 Å². The lowest BCUT2D eigenvalue weighted by molar-refractivity contribution is -0.137. The molecule has 0 aliphatic heterocycles. The lowest BCUT2D eigenvalue weighted by Gasteiger charge is -2.07. The van der Waals surface area contributed by atoms with Gasteiger partial charge in [0.15, 0.2) is 0 Å². The molecule has 3 nitrogen and oxygen atoms in total. The first-order valence-electron chi connectivity index (χ1n) is 5.92. The molecule has 6 heteroatoms. The van der Waals surface area contributed by atoms with Crippen molar-refractivity contribution < 1.29 is 13.2 Å². The number of halogens is 3. The van der Waals surface area contributed by atoms with Gasteiger partial charge in [-0.1, -0.05) is 19.1 Å². The second kappa shape index (κ2) is 4.95. The number of aromatic nitrogens is 2. The third kappa shape index (κ3) is 2.89. The molecule has 0 aliphatic rings. The summed E-state index contributed by atoms with van der Waals surface area (Å²) in [5.41, 5.74) is 6.25. The zero-order valence-corrected chi connectivity index (χ0v) is 10.4. The summed E-state index contributed by atoms with van der Waals surface area (Å²) in [5, 5.41) is 4.22. The van der Waals surface area contributed by atoms with Crippen molar-refractivity contribution in [3.63, 3.8) is 0 Å². The van der Waals surface area contributed by atoms with E-state index in [9.17, 15) is 13.2 Å². The van der Waals surface area contributed by atoms with E-state index < -0.39 is 11.7 Å². The van der Waals surface area contributed by atoms with Crippen LogP contribution in [0.2, 0.25) is 0 Å². The molecular formula is C13H14F3N3. The highest BCUT2D eigenvalue weighted by Gasteiger charge is 2.30. The molecule has 0 unspecified atom stereocenters. The van der Waals surface area contributed by atoms with Crippen LogP contribution in [0.25, 0.3) is 11.3 Å². The molecule has 0 atom stereocenters. The Hall–Kier alpha value is -1.98. The molecule has 0 saturated carbocycles. The monoisotopic (exact) mass is 269 g/mol. The minimum absolute atomic E-state index is 0.377. The number of rotatable bonds is 3. The zero-order chi connectivity index (χ0) is 14.0. The summed E-state index contributed by atoms with van der Waals surface area (Å²) in [6.07, 6.45) is -1.85. The van der Waals surface area contributed by atoms with Gasteiger partial charge in [-0.3, -0.25) is 4.68 Å². The van der Waals surface area contributed by atoms with Crippen LogP contribution in [0.1, 0.15) is 18.9 Å². The Bertz CT molecular complexity index is 573. The van der Waals surface area contributed by atoms with Crippen molar-refractivity contribution >= 4 is 5.69 Å². The van der Waals surface area contributed by atoms with Gasteiger partial charge < -0.3 is 5.73 Å². The lowest BCUT2D eigenvalue weighted by Crippen LogP contribution is -2.04. The van der Waals surface area contributed by atoms with Crippen molar-refractivity contribution in [2.24, 2.45) is 0 Å². The Balaban J connectivity index is 2.42. The smallest absolute Gasteiger partial charge is 0.396 e. The molecule has 0 saturated heterocycles. The molecule has 2 N–H and O–H groups in total. The Morgan fingerprint density at radius 1 is 1.32 bits per heavy atom. The van der Waals surface area contributed by atoms with Gasteiger partial charge in [-0.15, -0.1) is 0 Å². The van der Waals surface area contributed by atoms with Gasteiger partial charge in [0.1, 0.15) is 5.69 Å². The van der Waals surface area contributed by atoms with E-state index in [0.717, 1.165) is 18.6 Å². The molecule has 0 bridgehead atoms. The summed E-state index contributed by atoms with van der Waals surface area (Å²) in [4.78, 5) is 0. The molecule has 1 aromatic carbocycles. The molecule has 19 heavy (non-hydrogen) atoms. The van der Waals surface area contributed by atoms with Crippen molar-refractivity contribution in [2.45, 2.75) is 26.1 Å². The van der Waals surface area contributed by atoms with Crippen molar-refractivity contribution in [2.75, 3.05) is 5.73 Å². The van der Waals surface area contributed by atoms with Crippen molar-refractivity contribution in [1.29, 1.82) is 0 Å². The highest BCUT2D eigenvalue weighted by atomic mass is 19.4. The molecule has 0 fully saturated rings. The number of nitrogens with two attached hydrogens (primary N) is 1. The summed E-state index contributed by atoms with van der Waals surface area (Å²) in [7, 11) is 0. The van der Waals surface area contributed by atoms with E-state index in [0.29, 0.717) is 23.5 Å². The number of alkyl halides is 3. The number of nitrogens with zero attached hydrogens (tertiary/aromatic N) is 2. The lowest BCUT2D eigenvalue weighted by atomic mass is 10.1. The molecule has 1 heterocycles. The molecule has 2 aromatic rings. The standard InChI is InChI=1S/C13H14F3N3/c1-2-6-19-8-11(17)12(18-19)9-4-3-5-10(7-9)13(14,15)16/h3-5,7-8H,2,6,17H2,1H3. The molecule has 0 radical (unpaired) electrons. The molecule has 1 aromatic heterocycles. The Morgan fingerprint density at radius 2 is 2.05 bits per heavy atom. The number of anilines is 1. The summed E-state index contributed by atoms with van der Waals surface area (Å²) in [6.45, 7) is 2.67. The Morgan fingerprint density at radius 3 is 2.68 bits per heavy atom. The van der Waals surface area contributed by atoms with Crippen molar-refractivity contribution in [3.05, 3.63) is 36.0 Å². The summed E-state index contributed by atoms with van der Waals surface area (Å²) >= 11 is 0. The SMILES string of the molecule is CCCn1cc(N)c(-c2cccc(C(F)(F)F)c2)n1. The molecule has 0 aliphatic carbocycles. The first-order chi connectivity index (χ1) is 8.91. The fraction of sp³-hybridized carbons (Fsp3) is 0.308. The van der Waals surface area contributed by atoms with E-state index in [1.807, 2.05) is 6.92 Å². The summed E-state index contributed by atoms with van der Waals surface area (Å²) in [6, 6.07) is 5.03. The molecule has 0 spiro atoms. The fourth-order valence-electron chi connectivity index (χ4n) is 1.85. The number of hydrogen-bond donors (Lipinski definition) is 1. The third-order valence-electron chi connectivity index (χ3n) is 2.71. The van der Waals surface area contributed by atoms with E-state index >= 15 is 0 Å². The number of benzene rings is 1. The van der Waals surface area contributed by atoms with Gasteiger partial charge in [-0.05, 0) is 18.6 Å². The van der Waals surface area contributed by atoms with Crippen LogP contribution in [0.3, 0.4) is 0 Å². The Labute approximate surface area is 108 Å². The minimum atomic E-state index is -4.36. The summed E-state index contributed by atoms with van der Waals surface area (Å²) < 4.78 is 39.6. The average molecular weight is 269 g/mol. The number of aryl methyl sites for hydroxylation is 1. The molecule has 102 valence electrons. The highest BCUT2D eigenvalue weighted by Crippen LogP contribution is 2.33. The third-order valence-corrected chi connectivity index (χ3v) is 2.71. The number of hydrogen-bond acceptors (Lipinski definition) is 2. The molecule has 2 rings (SSSR count). The van der Waals surface area contributed by atoms with E-state index in [1.165, 1.54) is 6.07 Å². The van der Waals surface area contributed by atoms with Crippen LogP contribution in [0, 0.1) is 0 Å². The maximum absolute atomic E-state index is 12.7. The van der Waals surface area contributed by atoms with Crippen LogP contribution in [0.5, 0.6) is 0 Å². The van der Waals surface area contributed by atoms with Crippen LogP contribution in [0.4, 0.5) is 18.9 Å². The first kappa shape index (κ1) is 13.5. The van der Waals surface area contributed by atoms with Gasteiger partial charge in [-0.2, -0.15) is 18.3 Å². The van der Waals surface area contributed by atoms with Crippen LogP contribution < -0.4 is 5.73 Å². The topological polar surface area (TPSA) is 43.8 Å². The average Bonchev–Trinajstić information content (AvgIpc) is 2.70. The van der Waals surface area contributed by atoms with Gasteiger partial charge in [0, 0.05) is 18.3 Å². The van der Waals surface area contributed by atoms with Gasteiger partial charge >= 0.3 is 6.18 Å². The first-order valence-corrected chi connectivity index (χ1v) is 5.92. The van der Waals surface area contributed by atoms with Crippen LogP contribution in [-0.4, -0.2) is 9.78 Å². The van der Waals surface area contributed by atoms with Gasteiger partial charge in [0.2, 0.25) is 0 Å². The highest BCUT2D eigenvalue weighted by molar-refractivity contribution is 5.72. The quantitative estimate of drug-likeness (QED) is 0.925. The normalized spacial score (nSPS) is 11.8. The summed E-state index contributed by atoms with van der Waals surface area (Å²) in [5.74, 6) is 0. The van der Waals surface area contributed by atoms with Gasteiger partial charge in [0.05, 0.1) is 11.3 Å².